The standard InChI is InChI=1S/C22H26Cl2O2/c1-16(19-8-2-17(3-9-19)6-12-21(25)14-23)20-10-4-18(5-11-20)7-13-22(26)15-24/h2-5,8-11,21-22,25-26H,1,6-7,12-15H2. The molecule has 140 valence electrons. The predicted molar refractivity (Wildman–Crippen MR) is 111 cm³/mol. The maximum Gasteiger partial charge on any atom is 0.0678 e. The van der Waals surface area contributed by atoms with Crippen LogP contribution in [0.5, 0.6) is 0 Å². The van der Waals surface area contributed by atoms with E-state index < -0.39 is 12.2 Å². The molecular formula is C22H26Cl2O2. The third-order valence-corrected chi connectivity index (χ3v) is 5.21. The summed E-state index contributed by atoms with van der Waals surface area (Å²) in [6.07, 6.45) is 2.06. The van der Waals surface area contributed by atoms with E-state index in [4.69, 9.17) is 23.2 Å². The summed E-state index contributed by atoms with van der Waals surface area (Å²) in [4.78, 5) is 0. The molecule has 2 rings (SSSR count). The molecule has 0 aliphatic heterocycles. The van der Waals surface area contributed by atoms with Gasteiger partial charge >= 0.3 is 0 Å². The number of aliphatic hydroxyl groups excluding tert-OH is 2. The van der Waals surface area contributed by atoms with Crippen molar-refractivity contribution in [2.75, 3.05) is 11.8 Å². The number of halogens is 2. The maximum absolute atomic E-state index is 9.55. The van der Waals surface area contributed by atoms with Crippen LogP contribution in [-0.4, -0.2) is 34.2 Å². The Hall–Kier alpha value is -1.32. The number of rotatable bonds is 10. The van der Waals surface area contributed by atoms with E-state index in [0.29, 0.717) is 12.8 Å². The number of aryl methyl sites for hydroxylation is 2. The first kappa shape index (κ1) is 21.0. The fourth-order valence-corrected chi connectivity index (χ4v) is 3.04. The van der Waals surface area contributed by atoms with Gasteiger partial charge in [-0.15, -0.1) is 23.2 Å². The van der Waals surface area contributed by atoms with Crippen molar-refractivity contribution >= 4 is 28.8 Å². The van der Waals surface area contributed by atoms with E-state index in [1.165, 1.54) is 11.1 Å². The summed E-state index contributed by atoms with van der Waals surface area (Å²) >= 11 is 11.3. The first-order valence-corrected chi connectivity index (χ1v) is 9.96. The molecule has 0 saturated carbocycles. The normalized spacial score (nSPS) is 13.4. The van der Waals surface area contributed by atoms with Crippen molar-refractivity contribution < 1.29 is 10.2 Å². The molecule has 0 heterocycles. The van der Waals surface area contributed by atoms with Crippen molar-refractivity contribution in [1.82, 2.24) is 0 Å². The molecule has 0 aliphatic rings. The highest BCUT2D eigenvalue weighted by atomic mass is 35.5. The second kappa shape index (κ2) is 10.7. The van der Waals surface area contributed by atoms with Gasteiger partial charge in [0.25, 0.3) is 0 Å². The Balaban J connectivity index is 1.95. The fraction of sp³-hybridized carbons (Fsp3) is 0.364. The molecule has 2 unspecified atom stereocenters. The van der Waals surface area contributed by atoms with Gasteiger partial charge in [-0.05, 0) is 53.5 Å². The summed E-state index contributed by atoms with van der Waals surface area (Å²) in [7, 11) is 0. The van der Waals surface area contributed by atoms with Crippen molar-refractivity contribution in [1.29, 1.82) is 0 Å². The van der Waals surface area contributed by atoms with Gasteiger partial charge in [0.15, 0.2) is 0 Å². The Morgan fingerprint density at radius 2 is 1.08 bits per heavy atom. The first-order chi connectivity index (χ1) is 12.5. The van der Waals surface area contributed by atoms with E-state index in [1.54, 1.807) is 0 Å². The zero-order chi connectivity index (χ0) is 18.9. The van der Waals surface area contributed by atoms with E-state index in [0.717, 1.165) is 29.5 Å². The van der Waals surface area contributed by atoms with Gasteiger partial charge in [-0.1, -0.05) is 55.1 Å². The minimum absolute atomic E-state index is 0.274. The van der Waals surface area contributed by atoms with Crippen LogP contribution in [0.3, 0.4) is 0 Å². The van der Waals surface area contributed by atoms with Crippen LogP contribution in [-0.2, 0) is 12.8 Å². The molecule has 0 aromatic heterocycles. The van der Waals surface area contributed by atoms with Crippen molar-refractivity contribution in [2.45, 2.75) is 37.9 Å². The SMILES string of the molecule is C=C(c1ccc(CCC(O)CCl)cc1)c1ccc(CCC(O)CCl)cc1. The van der Waals surface area contributed by atoms with Gasteiger partial charge in [0.2, 0.25) is 0 Å². The molecule has 0 spiro atoms. The van der Waals surface area contributed by atoms with Crippen LogP contribution >= 0.6 is 23.2 Å². The summed E-state index contributed by atoms with van der Waals surface area (Å²) in [6, 6.07) is 16.6. The fourth-order valence-electron chi connectivity index (χ4n) is 2.73. The summed E-state index contributed by atoms with van der Waals surface area (Å²) in [5.41, 5.74) is 5.50. The number of benzene rings is 2. The number of alkyl halides is 2. The molecule has 0 aliphatic carbocycles. The Morgan fingerprint density at radius 1 is 0.731 bits per heavy atom. The summed E-state index contributed by atoms with van der Waals surface area (Å²) < 4.78 is 0. The van der Waals surface area contributed by atoms with Crippen LogP contribution in [0.4, 0.5) is 0 Å². The van der Waals surface area contributed by atoms with Crippen LogP contribution in [0, 0.1) is 0 Å². The Bertz CT molecular complexity index is 621. The second-order valence-corrected chi connectivity index (χ2v) is 7.18. The largest absolute Gasteiger partial charge is 0.392 e. The molecule has 26 heavy (non-hydrogen) atoms. The van der Waals surface area contributed by atoms with Crippen molar-refractivity contribution in [3.63, 3.8) is 0 Å². The topological polar surface area (TPSA) is 40.5 Å². The summed E-state index contributed by atoms with van der Waals surface area (Å²) in [5, 5.41) is 19.1. The minimum atomic E-state index is -0.449. The van der Waals surface area contributed by atoms with Crippen molar-refractivity contribution in [3.8, 4) is 0 Å². The molecule has 0 amide bonds. The second-order valence-electron chi connectivity index (χ2n) is 6.57. The van der Waals surface area contributed by atoms with Gasteiger partial charge in [0.1, 0.15) is 0 Å². The highest BCUT2D eigenvalue weighted by Crippen LogP contribution is 2.23. The third-order valence-electron chi connectivity index (χ3n) is 4.49. The molecule has 0 saturated heterocycles. The van der Waals surface area contributed by atoms with Gasteiger partial charge in [-0.3, -0.25) is 0 Å². The van der Waals surface area contributed by atoms with Gasteiger partial charge in [0, 0.05) is 11.8 Å². The van der Waals surface area contributed by atoms with E-state index in [2.05, 4.69) is 55.1 Å². The highest BCUT2D eigenvalue weighted by molar-refractivity contribution is 6.18. The summed E-state index contributed by atoms with van der Waals surface area (Å²) in [6.45, 7) is 4.21. The van der Waals surface area contributed by atoms with E-state index in [9.17, 15) is 10.2 Å². The van der Waals surface area contributed by atoms with Gasteiger partial charge in [0.05, 0.1) is 12.2 Å². The van der Waals surface area contributed by atoms with Crippen molar-refractivity contribution in [3.05, 3.63) is 77.4 Å². The number of hydrogen-bond acceptors (Lipinski definition) is 2. The third kappa shape index (κ3) is 6.44. The number of aliphatic hydroxyl groups is 2. The smallest absolute Gasteiger partial charge is 0.0678 e. The molecule has 2 N–H and O–H groups in total. The number of hydrogen-bond donors (Lipinski definition) is 2. The van der Waals surface area contributed by atoms with Crippen LogP contribution in [0.2, 0.25) is 0 Å². The van der Waals surface area contributed by atoms with Crippen LogP contribution in [0.1, 0.15) is 35.1 Å². The molecule has 2 nitrogen and oxygen atoms in total. The molecule has 0 radical (unpaired) electrons. The quantitative estimate of drug-likeness (QED) is 0.569. The van der Waals surface area contributed by atoms with Crippen LogP contribution < -0.4 is 0 Å². The zero-order valence-electron chi connectivity index (χ0n) is 14.9. The highest BCUT2D eigenvalue weighted by Gasteiger charge is 2.06. The lowest BCUT2D eigenvalue weighted by Crippen LogP contribution is -2.09. The molecule has 4 heteroatoms. The van der Waals surface area contributed by atoms with Gasteiger partial charge in [-0.25, -0.2) is 0 Å². The van der Waals surface area contributed by atoms with E-state index >= 15 is 0 Å². The molecular weight excluding hydrogens is 367 g/mol. The lowest BCUT2D eigenvalue weighted by Gasteiger charge is -2.11. The Labute approximate surface area is 166 Å². The molecule has 0 bridgehead atoms. The lowest BCUT2D eigenvalue weighted by molar-refractivity contribution is 0.188. The van der Waals surface area contributed by atoms with E-state index in [-0.39, 0.29) is 11.8 Å². The lowest BCUT2D eigenvalue weighted by atomic mass is 9.96. The molecule has 2 aromatic rings. The first-order valence-electron chi connectivity index (χ1n) is 8.89. The minimum Gasteiger partial charge on any atom is -0.392 e. The zero-order valence-corrected chi connectivity index (χ0v) is 16.4. The molecule has 2 aromatic carbocycles. The monoisotopic (exact) mass is 392 g/mol. The van der Waals surface area contributed by atoms with Crippen LogP contribution in [0.25, 0.3) is 5.57 Å². The predicted octanol–water partition coefficient (Wildman–Crippen LogP) is 4.81. The van der Waals surface area contributed by atoms with Crippen LogP contribution in [0.15, 0.2) is 55.1 Å². The Kier molecular flexibility index (Phi) is 8.67. The van der Waals surface area contributed by atoms with Gasteiger partial charge in [-0.2, -0.15) is 0 Å². The molecule has 0 fully saturated rings. The van der Waals surface area contributed by atoms with Crippen molar-refractivity contribution in [2.24, 2.45) is 0 Å². The van der Waals surface area contributed by atoms with Gasteiger partial charge < -0.3 is 10.2 Å². The Morgan fingerprint density at radius 3 is 1.38 bits per heavy atom. The molecule has 2 atom stereocenters. The van der Waals surface area contributed by atoms with E-state index in [1.807, 2.05) is 0 Å². The average Bonchev–Trinajstić information content (AvgIpc) is 2.70. The summed E-state index contributed by atoms with van der Waals surface area (Å²) in [5.74, 6) is 0.547. The maximum atomic E-state index is 9.55. The average molecular weight is 393 g/mol.